The van der Waals surface area contributed by atoms with Crippen molar-refractivity contribution in [2.45, 2.75) is 20.8 Å². The van der Waals surface area contributed by atoms with E-state index in [4.69, 9.17) is 11.6 Å². The summed E-state index contributed by atoms with van der Waals surface area (Å²) in [5.41, 5.74) is 4.72. The quantitative estimate of drug-likeness (QED) is 0.755. The van der Waals surface area contributed by atoms with Gasteiger partial charge in [-0.15, -0.1) is 10.2 Å². The van der Waals surface area contributed by atoms with Gasteiger partial charge in [0.25, 0.3) is 0 Å². The van der Waals surface area contributed by atoms with Crippen molar-refractivity contribution in [2.24, 2.45) is 5.41 Å². The number of nitrogens with zero attached hydrogens (tertiary/aromatic N) is 2. The van der Waals surface area contributed by atoms with Crippen molar-refractivity contribution in [3.8, 4) is 0 Å². The first kappa shape index (κ1) is 11.7. The average molecular weight is 229 g/mol. The predicted octanol–water partition coefficient (Wildman–Crippen LogP) is 1.62. The third-order valence-corrected chi connectivity index (χ3v) is 1.82. The summed E-state index contributed by atoms with van der Waals surface area (Å²) in [6.07, 6.45) is 0. The molecule has 0 saturated heterocycles. The van der Waals surface area contributed by atoms with Crippen LogP contribution >= 0.6 is 11.6 Å². The second-order valence-electron chi connectivity index (χ2n) is 4.07. The summed E-state index contributed by atoms with van der Waals surface area (Å²) in [4.78, 5) is 11.5. The Kier molecular flexibility index (Phi) is 3.47. The molecular weight excluding hydrogens is 216 g/mol. The number of carbonyl (C=O) groups is 1. The molecule has 0 aliphatic carbocycles. The van der Waals surface area contributed by atoms with Crippen molar-refractivity contribution >= 4 is 23.3 Å². The van der Waals surface area contributed by atoms with Crippen LogP contribution in [-0.4, -0.2) is 16.1 Å². The van der Waals surface area contributed by atoms with E-state index in [2.05, 4.69) is 21.0 Å². The van der Waals surface area contributed by atoms with Crippen LogP contribution in [0, 0.1) is 5.41 Å². The van der Waals surface area contributed by atoms with Crippen LogP contribution in [0.5, 0.6) is 0 Å². The topological polar surface area (TPSA) is 66.9 Å². The Balaban J connectivity index is 2.51. The third-order valence-electron chi connectivity index (χ3n) is 1.62. The molecule has 0 spiro atoms. The minimum atomic E-state index is -0.452. The largest absolute Gasteiger partial charge is 0.280 e. The number of amides is 1. The maximum atomic E-state index is 11.5. The van der Waals surface area contributed by atoms with Crippen molar-refractivity contribution in [2.75, 3.05) is 5.43 Å². The molecule has 1 amide bonds. The lowest BCUT2D eigenvalue weighted by Crippen LogP contribution is -2.38. The fourth-order valence-corrected chi connectivity index (χ4v) is 0.792. The summed E-state index contributed by atoms with van der Waals surface area (Å²) < 4.78 is 0. The molecule has 1 rings (SSSR count). The molecule has 5 nitrogen and oxygen atoms in total. The van der Waals surface area contributed by atoms with Crippen LogP contribution < -0.4 is 10.9 Å². The highest BCUT2D eigenvalue weighted by atomic mass is 35.5. The monoisotopic (exact) mass is 228 g/mol. The van der Waals surface area contributed by atoms with Crippen molar-refractivity contribution < 1.29 is 4.79 Å². The van der Waals surface area contributed by atoms with E-state index in [9.17, 15) is 4.79 Å². The van der Waals surface area contributed by atoms with E-state index in [0.717, 1.165) is 0 Å². The average Bonchev–Trinajstić information content (AvgIpc) is 2.15. The van der Waals surface area contributed by atoms with Gasteiger partial charge in [-0.3, -0.25) is 15.6 Å². The van der Waals surface area contributed by atoms with Gasteiger partial charge in [0.05, 0.1) is 0 Å². The van der Waals surface area contributed by atoms with E-state index < -0.39 is 5.41 Å². The number of rotatable bonds is 2. The lowest BCUT2D eigenvalue weighted by Gasteiger charge is -2.17. The van der Waals surface area contributed by atoms with E-state index >= 15 is 0 Å². The summed E-state index contributed by atoms with van der Waals surface area (Å²) in [5, 5.41) is 7.65. The van der Waals surface area contributed by atoms with Crippen molar-refractivity contribution in [3.05, 3.63) is 17.3 Å². The minimum absolute atomic E-state index is 0.126. The number of hydrogen-bond donors (Lipinski definition) is 2. The Labute approximate surface area is 93.2 Å². The molecule has 1 aromatic rings. The molecule has 0 aliphatic heterocycles. The molecule has 0 atom stereocenters. The molecule has 0 fully saturated rings. The highest BCUT2D eigenvalue weighted by Gasteiger charge is 2.20. The van der Waals surface area contributed by atoms with Gasteiger partial charge in [0.2, 0.25) is 5.91 Å². The maximum Gasteiger partial charge on any atom is 0.243 e. The summed E-state index contributed by atoms with van der Waals surface area (Å²) in [6.45, 7) is 5.45. The van der Waals surface area contributed by atoms with Crippen LogP contribution in [0.15, 0.2) is 12.1 Å². The van der Waals surface area contributed by atoms with Crippen LogP contribution in [0.3, 0.4) is 0 Å². The standard InChI is InChI=1S/C9H13ClN4O/c1-9(2,3)8(15)14-13-7-5-4-6(10)11-12-7/h4-5H,1-3H3,(H,12,13)(H,14,15). The molecule has 0 saturated carbocycles. The molecule has 82 valence electrons. The highest BCUT2D eigenvalue weighted by molar-refractivity contribution is 6.29. The van der Waals surface area contributed by atoms with Gasteiger partial charge in [-0.1, -0.05) is 32.4 Å². The van der Waals surface area contributed by atoms with E-state index in [1.165, 1.54) is 0 Å². The molecule has 6 heteroatoms. The molecule has 0 unspecified atom stereocenters. The van der Waals surface area contributed by atoms with Crippen LogP contribution in [0.2, 0.25) is 5.15 Å². The van der Waals surface area contributed by atoms with Gasteiger partial charge >= 0.3 is 0 Å². The second-order valence-corrected chi connectivity index (χ2v) is 4.46. The number of aromatic nitrogens is 2. The van der Waals surface area contributed by atoms with Crippen LogP contribution in [0.25, 0.3) is 0 Å². The minimum Gasteiger partial charge on any atom is -0.280 e. The zero-order valence-electron chi connectivity index (χ0n) is 8.84. The fourth-order valence-electron chi connectivity index (χ4n) is 0.691. The maximum absolute atomic E-state index is 11.5. The second kappa shape index (κ2) is 4.44. The summed E-state index contributed by atoms with van der Waals surface area (Å²) in [7, 11) is 0. The lowest BCUT2D eigenvalue weighted by molar-refractivity contribution is -0.127. The molecule has 15 heavy (non-hydrogen) atoms. The molecule has 0 radical (unpaired) electrons. The first-order valence-corrected chi connectivity index (χ1v) is 4.83. The van der Waals surface area contributed by atoms with Gasteiger partial charge in [0.1, 0.15) is 0 Å². The Bertz CT molecular complexity index is 344. The van der Waals surface area contributed by atoms with Gasteiger partial charge in [0.15, 0.2) is 11.0 Å². The smallest absolute Gasteiger partial charge is 0.243 e. The molecular formula is C9H13ClN4O. The number of carbonyl (C=O) groups excluding carboxylic acids is 1. The summed E-state index contributed by atoms with van der Waals surface area (Å²) >= 11 is 5.56. The third kappa shape index (κ3) is 3.71. The molecule has 2 N–H and O–H groups in total. The summed E-state index contributed by atoms with van der Waals surface area (Å²) in [6, 6.07) is 3.21. The summed E-state index contributed by atoms with van der Waals surface area (Å²) in [5.74, 6) is 0.316. The first-order valence-electron chi connectivity index (χ1n) is 4.45. The van der Waals surface area contributed by atoms with Gasteiger partial charge in [-0.2, -0.15) is 0 Å². The number of anilines is 1. The van der Waals surface area contributed by atoms with Crippen molar-refractivity contribution in [1.29, 1.82) is 0 Å². The Hall–Kier alpha value is -1.36. The van der Waals surface area contributed by atoms with Gasteiger partial charge < -0.3 is 0 Å². The van der Waals surface area contributed by atoms with Crippen LogP contribution in [0.1, 0.15) is 20.8 Å². The van der Waals surface area contributed by atoms with Crippen molar-refractivity contribution in [1.82, 2.24) is 15.6 Å². The fraction of sp³-hybridized carbons (Fsp3) is 0.444. The lowest BCUT2D eigenvalue weighted by atomic mass is 9.96. The number of hydrazine groups is 1. The molecule has 0 bridgehead atoms. The molecule has 1 heterocycles. The van der Waals surface area contributed by atoms with E-state index in [-0.39, 0.29) is 5.91 Å². The van der Waals surface area contributed by atoms with Gasteiger partial charge in [-0.05, 0) is 12.1 Å². The number of nitrogens with one attached hydrogen (secondary N) is 2. The van der Waals surface area contributed by atoms with Crippen molar-refractivity contribution in [3.63, 3.8) is 0 Å². The molecule has 0 aliphatic rings. The Morgan fingerprint density at radius 1 is 1.33 bits per heavy atom. The zero-order valence-corrected chi connectivity index (χ0v) is 9.59. The van der Waals surface area contributed by atoms with E-state index in [1.807, 2.05) is 20.8 Å². The normalized spacial score (nSPS) is 10.9. The first-order chi connectivity index (χ1) is 6.89. The SMILES string of the molecule is CC(C)(C)C(=O)NNc1ccc(Cl)nn1. The Morgan fingerprint density at radius 2 is 2.00 bits per heavy atom. The van der Waals surface area contributed by atoms with Gasteiger partial charge in [-0.25, -0.2) is 0 Å². The van der Waals surface area contributed by atoms with Crippen LogP contribution in [-0.2, 0) is 4.79 Å². The highest BCUT2D eigenvalue weighted by Crippen LogP contribution is 2.12. The number of halogens is 1. The predicted molar refractivity (Wildman–Crippen MR) is 58.3 cm³/mol. The van der Waals surface area contributed by atoms with Gasteiger partial charge in [0, 0.05) is 5.41 Å². The van der Waals surface area contributed by atoms with Crippen LogP contribution in [0.4, 0.5) is 5.82 Å². The Morgan fingerprint density at radius 3 is 2.47 bits per heavy atom. The zero-order chi connectivity index (χ0) is 11.5. The molecule has 0 aromatic carbocycles. The number of hydrogen-bond acceptors (Lipinski definition) is 4. The van der Waals surface area contributed by atoms with E-state index in [1.54, 1.807) is 12.1 Å². The van der Waals surface area contributed by atoms with E-state index in [0.29, 0.717) is 11.0 Å². The molecule has 1 aromatic heterocycles.